The summed E-state index contributed by atoms with van der Waals surface area (Å²) in [5.41, 5.74) is 4.69. The lowest BCUT2D eigenvalue weighted by Gasteiger charge is -2.13. The number of rotatable bonds is 5. The van der Waals surface area contributed by atoms with Crippen molar-refractivity contribution < 1.29 is 9.53 Å². The number of hydrogen-bond acceptors (Lipinski definition) is 3. The second-order valence-corrected chi connectivity index (χ2v) is 4.98. The summed E-state index contributed by atoms with van der Waals surface area (Å²) in [5, 5.41) is 4.40. The Morgan fingerprint density at radius 2 is 1.85 bits per heavy atom. The number of aryl methyl sites for hydroxylation is 4. The smallest absolute Gasteiger partial charge is 0.150 e. The topological polar surface area (TPSA) is 44.1 Å². The van der Waals surface area contributed by atoms with Crippen LogP contribution in [0.4, 0.5) is 0 Å². The van der Waals surface area contributed by atoms with E-state index in [4.69, 9.17) is 4.74 Å². The van der Waals surface area contributed by atoms with E-state index in [1.165, 1.54) is 0 Å². The third-order valence-corrected chi connectivity index (χ3v) is 3.27. The van der Waals surface area contributed by atoms with Crippen LogP contribution in [-0.2, 0) is 13.2 Å². The molecular weight excluding hydrogens is 252 g/mol. The Bertz CT molecular complexity index is 606. The van der Waals surface area contributed by atoms with E-state index in [1.807, 2.05) is 43.7 Å². The fraction of sp³-hybridized carbons (Fsp3) is 0.375. The van der Waals surface area contributed by atoms with Gasteiger partial charge in [-0.3, -0.25) is 9.48 Å². The summed E-state index contributed by atoms with van der Waals surface area (Å²) < 4.78 is 7.88. The number of carbonyl (C=O) groups is 1. The first kappa shape index (κ1) is 14.3. The van der Waals surface area contributed by atoms with Gasteiger partial charge in [0.2, 0.25) is 0 Å². The fourth-order valence-electron chi connectivity index (χ4n) is 2.41. The van der Waals surface area contributed by atoms with Gasteiger partial charge in [0.1, 0.15) is 18.6 Å². The van der Waals surface area contributed by atoms with Crippen LogP contribution in [0.5, 0.6) is 5.75 Å². The molecule has 2 rings (SSSR count). The minimum absolute atomic E-state index is 0.483. The molecule has 1 heterocycles. The van der Waals surface area contributed by atoms with Crippen LogP contribution < -0.4 is 4.74 Å². The SMILES string of the molecule is CCn1nc(C)cc1COc1c(C)cc(C=O)cc1C. The highest BCUT2D eigenvalue weighted by Gasteiger charge is 2.09. The molecule has 0 unspecified atom stereocenters. The van der Waals surface area contributed by atoms with Crippen LogP contribution in [0.25, 0.3) is 0 Å². The van der Waals surface area contributed by atoms with Crippen LogP contribution in [-0.4, -0.2) is 16.1 Å². The minimum Gasteiger partial charge on any atom is -0.487 e. The zero-order chi connectivity index (χ0) is 14.7. The molecule has 2 aromatic rings. The molecule has 0 N–H and O–H groups in total. The largest absolute Gasteiger partial charge is 0.487 e. The Balaban J connectivity index is 2.20. The maximum atomic E-state index is 10.8. The molecule has 0 radical (unpaired) electrons. The zero-order valence-corrected chi connectivity index (χ0v) is 12.4. The highest BCUT2D eigenvalue weighted by Crippen LogP contribution is 2.25. The van der Waals surface area contributed by atoms with Crippen molar-refractivity contribution >= 4 is 6.29 Å². The van der Waals surface area contributed by atoms with Crippen LogP contribution in [0.2, 0.25) is 0 Å². The second kappa shape index (κ2) is 5.90. The molecule has 106 valence electrons. The molecule has 1 aromatic heterocycles. The normalized spacial score (nSPS) is 10.6. The summed E-state index contributed by atoms with van der Waals surface area (Å²) in [6.45, 7) is 9.26. The monoisotopic (exact) mass is 272 g/mol. The Morgan fingerprint density at radius 3 is 2.40 bits per heavy atom. The van der Waals surface area contributed by atoms with E-state index >= 15 is 0 Å². The van der Waals surface area contributed by atoms with Crippen molar-refractivity contribution in [3.05, 3.63) is 46.3 Å². The van der Waals surface area contributed by atoms with Gasteiger partial charge in [-0.05, 0) is 57.0 Å². The maximum absolute atomic E-state index is 10.8. The van der Waals surface area contributed by atoms with Crippen molar-refractivity contribution in [2.24, 2.45) is 0 Å². The molecule has 0 bridgehead atoms. The number of carbonyl (C=O) groups excluding carboxylic acids is 1. The van der Waals surface area contributed by atoms with Gasteiger partial charge in [-0.1, -0.05) is 0 Å². The molecule has 0 fully saturated rings. The van der Waals surface area contributed by atoms with Crippen LogP contribution in [0, 0.1) is 20.8 Å². The van der Waals surface area contributed by atoms with Gasteiger partial charge < -0.3 is 4.74 Å². The van der Waals surface area contributed by atoms with Crippen LogP contribution in [0.3, 0.4) is 0 Å². The number of nitrogens with zero attached hydrogens (tertiary/aromatic N) is 2. The lowest BCUT2D eigenvalue weighted by Crippen LogP contribution is -2.07. The van der Waals surface area contributed by atoms with Crippen LogP contribution in [0.15, 0.2) is 18.2 Å². The molecule has 0 amide bonds. The van der Waals surface area contributed by atoms with Gasteiger partial charge in [-0.25, -0.2) is 0 Å². The third-order valence-electron chi connectivity index (χ3n) is 3.27. The maximum Gasteiger partial charge on any atom is 0.150 e. The molecule has 0 spiro atoms. The lowest BCUT2D eigenvalue weighted by molar-refractivity contribution is 0.112. The standard InChI is InChI=1S/C16H20N2O2/c1-5-18-15(8-13(4)17-18)10-20-16-11(2)6-14(9-19)7-12(16)3/h6-9H,5,10H2,1-4H3. The van der Waals surface area contributed by atoms with Crippen molar-refractivity contribution in [2.45, 2.75) is 40.8 Å². The summed E-state index contributed by atoms with van der Waals surface area (Å²) in [6, 6.07) is 5.73. The summed E-state index contributed by atoms with van der Waals surface area (Å²) in [6.07, 6.45) is 0.860. The first-order valence-corrected chi connectivity index (χ1v) is 6.77. The Kier molecular flexibility index (Phi) is 4.23. The predicted octanol–water partition coefficient (Wildman–Crippen LogP) is 3.22. The average molecular weight is 272 g/mol. The van der Waals surface area contributed by atoms with Crippen LogP contribution >= 0.6 is 0 Å². The van der Waals surface area contributed by atoms with E-state index in [2.05, 4.69) is 12.0 Å². The Morgan fingerprint density at radius 1 is 1.20 bits per heavy atom. The summed E-state index contributed by atoms with van der Waals surface area (Å²) >= 11 is 0. The van der Waals surface area contributed by atoms with E-state index in [1.54, 1.807) is 0 Å². The fourth-order valence-corrected chi connectivity index (χ4v) is 2.41. The number of ether oxygens (including phenoxy) is 1. The van der Waals surface area contributed by atoms with Gasteiger partial charge in [0.15, 0.2) is 0 Å². The number of hydrogen-bond donors (Lipinski definition) is 0. The molecule has 1 aromatic carbocycles. The summed E-state index contributed by atoms with van der Waals surface area (Å²) in [7, 11) is 0. The molecule has 0 aliphatic carbocycles. The van der Waals surface area contributed by atoms with E-state index in [-0.39, 0.29) is 0 Å². The Labute approximate surface area is 119 Å². The molecule has 4 nitrogen and oxygen atoms in total. The number of benzene rings is 1. The number of aromatic nitrogens is 2. The molecule has 0 aliphatic heterocycles. The van der Waals surface area contributed by atoms with Crippen molar-refractivity contribution in [1.82, 2.24) is 9.78 Å². The minimum atomic E-state index is 0.483. The molecule has 4 heteroatoms. The summed E-state index contributed by atoms with van der Waals surface area (Å²) in [4.78, 5) is 10.8. The van der Waals surface area contributed by atoms with Gasteiger partial charge in [-0.15, -0.1) is 0 Å². The van der Waals surface area contributed by atoms with Gasteiger partial charge in [0.25, 0.3) is 0 Å². The first-order chi connectivity index (χ1) is 9.55. The molecule has 20 heavy (non-hydrogen) atoms. The van der Waals surface area contributed by atoms with E-state index in [9.17, 15) is 4.79 Å². The van der Waals surface area contributed by atoms with Crippen molar-refractivity contribution in [3.8, 4) is 5.75 Å². The predicted molar refractivity (Wildman–Crippen MR) is 78.3 cm³/mol. The van der Waals surface area contributed by atoms with E-state index in [0.717, 1.165) is 41.1 Å². The molecule has 0 aliphatic rings. The van der Waals surface area contributed by atoms with Crippen molar-refractivity contribution in [3.63, 3.8) is 0 Å². The highest BCUT2D eigenvalue weighted by atomic mass is 16.5. The van der Waals surface area contributed by atoms with E-state index < -0.39 is 0 Å². The highest BCUT2D eigenvalue weighted by molar-refractivity contribution is 5.76. The summed E-state index contributed by atoms with van der Waals surface area (Å²) in [5.74, 6) is 0.845. The molecule has 0 atom stereocenters. The van der Waals surface area contributed by atoms with Gasteiger partial charge >= 0.3 is 0 Å². The second-order valence-electron chi connectivity index (χ2n) is 4.98. The molecular formula is C16H20N2O2. The quantitative estimate of drug-likeness (QED) is 0.785. The average Bonchev–Trinajstić information content (AvgIpc) is 2.77. The van der Waals surface area contributed by atoms with Gasteiger partial charge in [-0.2, -0.15) is 5.10 Å². The molecule has 0 saturated heterocycles. The van der Waals surface area contributed by atoms with Crippen molar-refractivity contribution in [1.29, 1.82) is 0 Å². The molecule has 0 saturated carbocycles. The third kappa shape index (κ3) is 2.90. The van der Waals surface area contributed by atoms with Gasteiger partial charge in [0, 0.05) is 12.1 Å². The zero-order valence-electron chi connectivity index (χ0n) is 12.4. The first-order valence-electron chi connectivity index (χ1n) is 6.77. The number of aldehydes is 1. The van der Waals surface area contributed by atoms with Gasteiger partial charge in [0.05, 0.1) is 11.4 Å². The van der Waals surface area contributed by atoms with E-state index in [0.29, 0.717) is 12.2 Å². The lowest BCUT2D eigenvalue weighted by atomic mass is 10.1. The van der Waals surface area contributed by atoms with Crippen LogP contribution in [0.1, 0.15) is 39.8 Å². The Hall–Kier alpha value is -2.10. The van der Waals surface area contributed by atoms with Crippen molar-refractivity contribution in [2.75, 3.05) is 0 Å².